The third kappa shape index (κ3) is 3.23. The topological polar surface area (TPSA) is 59.8 Å². The minimum atomic E-state index is -0.182. The molecule has 5 nitrogen and oxygen atoms in total. The Morgan fingerprint density at radius 3 is 2.75 bits per heavy atom. The summed E-state index contributed by atoms with van der Waals surface area (Å²) in [6.45, 7) is 8.64. The van der Waals surface area contributed by atoms with Crippen molar-refractivity contribution in [1.29, 1.82) is 0 Å². The van der Waals surface area contributed by atoms with E-state index in [2.05, 4.69) is 47.4 Å². The van der Waals surface area contributed by atoms with Crippen LogP contribution in [0.2, 0.25) is 0 Å². The summed E-state index contributed by atoms with van der Waals surface area (Å²) < 4.78 is 1.70. The van der Waals surface area contributed by atoms with Gasteiger partial charge in [-0.25, -0.2) is 4.98 Å². The largest absolute Gasteiger partial charge is 0.296 e. The van der Waals surface area contributed by atoms with E-state index in [9.17, 15) is 4.79 Å². The molecular weight excluding hydrogens is 320 g/mol. The van der Waals surface area contributed by atoms with Gasteiger partial charge in [-0.1, -0.05) is 23.8 Å². The lowest BCUT2D eigenvalue weighted by atomic mass is 10.0. The molecule has 3 aromatic rings. The molecule has 0 aliphatic heterocycles. The van der Waals surface area contributed by atoms with Gasteiger partial charge in [0.05, 0.1) is 11.4 Å². The fourth-order valence-corrected chi connectivity index (χ4v) is 3.39. The normalized spacial score (nSPS) is 10.8. The second kappa shape index (κ2) is 6.57. The van der Waals surface area contributed by atoms with Gasteiger partial charge in [0.2, 0.25) is 0 Å². The van der Waals surface area contributed by atoms with E-state index < -0.39 is 0 Å². The SMILES string of the molecule is CCn1nc(C)cc1C(=O)Nc1nc(-c2ccc(C)cc2C)cs1. The van der Waals surface area contributed by atoms with Crippen LogP contribution < -0.4 is 5.32 Å². The summed E-state index contributed by atoms with van der Waals surface area (Å²) in [5.41, 5.74) is 5.76. The van der Waals surface area contributed by atoms with Crippen molar-refractivity contribution in [3.05, 3.63) is 52.2 Å². The van der Waals surface area contributed by atoms with Crippen molar-refractivity contribution < 1.29 is 4.79 Å². The molecule has 6 heteroatoms. The molecule has 1 aromatic carbocycles. The van der Waals surface area contributed by atoms with Gasteiger partial charge in [-0.3, -0.25) is 14.8 Å². The number of aryl methyl sites for hydroxylation is 4. The standard InChI is InChI=1S/C18H20N4OS/c1-5-22-16(9-13(4)21-22)17(23)20-18-19-15(10-24-18)14-7-6-11(2)8-12(14)3/h6-10H,5H2,1-4H3,(H,19,20,23). The maximum atomic E-state index is 12.5. The number of rotatable bonds is 4. The Hall–Kier alpha value is -2.47. The first-order valence-electron chi connectivity index (χ1n) is 7.87. The van der Waals surface area contributed by atoms with Crippen molar-refractivity contribution in [2.45, 2.75) is 34.2 Å². The zero-order valence-electron chi connectivity index (χ0n) is 14.3. The van der Waals surface area contributed by atoms with Gasteiger partial charge in [0, 0.05) is 17.5 Å². The molecule has 1 N–H and O–H groups in total. The summed E-state index contributed by atoms with van der Waals surface area (Å²) in [6.07, 6.45) is 0. The van der Waals surface area contributed by atoms with Crippen molar-refractivity contribution in [1.82, 2.24) is 14.8 Å². The van der Waals surface area contributed by atoms with E-state index in [0.717, 1.165) is 17.0 Å². The molecule has 3 rings (SSSR count). The number of hydrogen-bond donors (Lipinski definition) is 1. The highest BCUT2D eigenvalue weighted by atomic mass is 32.1. The van der Waals surface area contributed by atoms with Crippen molar-refractivity contribution >= 4 is 22.4 Å². The quantitative estimate of drug-likeness (QED) is 0.774. The number of thiazole rings is 1. The second-order valence-electron chi connectivity index (χ2n) is 5.80. The van der Waals surface area contributed by atoms with Crippen LogP contribution in [0.1, 0.15) is 34.2 Å². The lowest BCUT2D eigenvalue weighted by Crippen LogP contribution is -2.17. The maximum Gasteiger partial charge on any atom is 0.275 e. The summed E-state index contributed by atoms with van der Waals surface area (Å²) in [7, 11) is 0. The third-order valence-electron chi connectivity index (χ3n) is 3.82. The van der Waals surface area contributed by atoms with Crippen LogP contribution >= 0.6 is 11.3 Å². The number of hydrogen-bond acceptors (Lipinski definition) is 4. The van der Waals surface area contributed by atoms with E-state index in [1.807, 2.05) is 19.2 Å². The average Bonchev–Trinajstić information content (AvgIpc) is 3.13. The Morgan fingerprint density at radius 2 is 2.04 bits per heavy atom. The van der Waals surface area contributed by atoms with Gasteiger partial charge in [-0.05, 0) is 39.3 Å². The summed E-state index contributed by atoms with van der Waals surface area (Å²) >= 11 is 1.43. The van der Waals surface area contributed by atoms with Crippen LogP contribution in [0.5, 0.6) is 0 Å². The molecule has 0 bridgehead atoms. The van der Waals surface area contributed by atoms with Crippen LogP contribution in [0.4, 0.5) is 5.13 Å². The zero-order chi connectivity index (χ0) is 17.3. The van der Waals surface area contributed by atoms with Gasteiger partial charge in [0.1, 0.15) is 5.69 Å². The zero-order valence-corrected chi connectivity index (χ0v) is 15.1. The van der Waals surface area contributed by atoms with Crippen molar-refractivity contribution in [2.75, 3.05) is 5.32 Å². The highest BCUT2D eigenvalue weighted by Gasteiger charge is 2.15. The van der Waals surface area contributed by atoms with Gasteiger partial charge in [0.15, 0.2) is 5.13 Å². The summed E-state index contributed by atoms with van der Waals surface area (Å²) in [6, 6.07) is 8.07. The Balaban J connectivity index is 1.82. The molecule has 0 unspecified atom stereocenters. The summed E-state index contributed by atoms with van der Waals surface area (Å²) in [5.74, 6) is -0.182. The number of aromatic nitrogens is 3. The first-order chi connectivity index (χ1) is 11.5. The van der Waals surface area contributed by atoms with Gasteiger partial charge >= 0.3 is 0 Å². The van der Waals surface area contributed by atoms with Gasteiger partial charge < -0.3 is 0 Å². The predicted molar refractivity (Wildman–Crippen MR) is 97.6 cm³/mol. The molecule has 24 heavy (non-hydrogen) atoms. The van der Waals surface area contributed by atoms with Crippen molar-refractivity contribution in [3.8, 4) is 11.3 Å². The Labute approximate surface area is 145 Å². The van der Waals surface area contributed by atoms with E-state index >= 15 is 0 Å². The van der Waals surface area contributed by atoms with Crippen LogP contribution in [0.25, 0.3) is 11.3 Å². The predicted octanol–water partition coefficient (Wildman–Crippen LogP) is 4.20. The van der Waals surface area contributed by atoms with Crippen molar-refractivity contribution in [3.63, 3.8) is 0 Å². The number of carbonyl (C=O) groups is 1. The molecule has 0 aliphatic carbocycles. The third-order valence-corrected chi connectivity index (χ3v) is 4.57. The fourth-order valence-electron chi connectivity index (χ4n) is 2.69. The van der Waals surface area contributed by atoms with Crippen LogP contribution in [-0.4, -0.2) is 20.7 Å². The van der Waals surface area contributed by atoms with Crippen molar-refractivity contribution in [2.24, 2.45) is 0 Å². The molecule has 0 radical (unpaired) electrons. The molecule has 0 spiro atoms. The average molecular weight is 340 g/mol. The molecule has 2 aromatic heterocycles. The Kier molecular flexibility index (Phi) is 4.49. The Bertz CT molecular complexity index is 894. The molecule has 124 valence electrons. The summed E-state index contributed by atoms with van der Waals surface area (Å²) in [5, 5.41) is 9.74. The van der Waals surface area contributed by atoms with Gasteiger partial charge in [0.25, 0.3) is 5.91 Å². The lowest BCUT2D eigenvalue weighted by Gasteiger charge is -2.05. The number of carbonyl (C=O) groups excluding carboxylic acids is 1. The van der Waals surface area contributed by atoms with Crippen LogP contribution in [-0.2, 0) is 6.54 Å². The minimum Gasteiger partial charge on any atom is -0.296 e. The van der Waals surface area contributed by atoms with E-state index in [4.69, 9.17) is 0 Å². The first-order valence-corrected chi connectivity index (χ1v) is 8.75. The number of benzene rings is 1. The highest BCUT2D eigenvalue weighted by Crippen LogP contribution is 2.28. The van der Waals surface area contributed by atoms with E-state index in [1.165, 1.54) is 22.5 Å². The molecule has 0 atom stereocenters. The lowest BCUT2D eigenvalue weighted by molar-refractivity contribution is 0.101. The molecule has 0 saturated carbocycles. The maximum absolute atomic E-state index is 12.5. The van der Waals surface area contributed by atoms with Gasteiger partial charge in [-0.15, -0.1) is 11.3 Å². The van der Waals surface area contributed by atoms with E-state index in [-0.39, 0.29) is 5.91 Å². The molecule has 1 amide bonds. The molecule has 2 heterocycles. The number of nitrogens with zero attached hydrogens (tertiary/aromatic N) is 3. The number of anilines is 1. The molecule has 0 aliphatic rings. The Morgan fingerprint density at radius 1 is 1.25 bits per heavy atom. The van der Waals surface area contributed by atoms with E-state index in [0.29, 0.717) is 17.4 Å². The smallest absolute Gasteiger partial charge is 0.275 e. The monoisotopic (exact) mass is 340 g/mol. The number of nitrogens with one attached hydrogen (secondary N) is 1. The molecular formula is C18H20N4OS. The van der Waals surface area contributed by atoms with Crippen LogP contribution in [0, 0.1) is 20.8 Å². The number of amides is 1. The second-order valence-corrected chi connectivity index (χ2v) is 6.66. The first kappa shape index (κ1) is 16.4. The van der Waals surface area contributed by atoms with Gasteiger partial charge in [-0.2, -0.15) is 5.10 Å². The van der Waals surface area contributed by atoms with E-state index in [1.54, 1.807) is 10.7 Å². The fraction of sp³-hybridized carbons (Fsp3) is 0.278. The molecule has 0 fully saturated rings. The molecule has 0 saturated heterocycles. The van der Waals surface area contributed by atoms with Crippen LogP contribution in [0.15, 0.2) is 29.6 Å². The summed E-state index contributed by atoms with van der Waals surface area (Å²) in [4.78, 5) is 17.0. The minimum absolute atomic E-state index is 0.182. The highest BCUT2D eigenvalue weighted by molar-refractivity contribution is 7.14. The van der Waals surface area contributed by atoms with Crippen LogP contribution in [0.3, 0.4) is 0 Å².